The van der Waals surface area contributed by atoms with Crippen molar-refractivity contribution in [3.05, 3.63) is 34.3 Å². The molecular weight excluding hydrogens is 275 g/mol. The summed E-state index contributed by atoms with van der Waals surface area (Å²) in [5.41, 5.74) is 0.672. The molecule has 0 saturated heterocycles. The number of hydrogen-bond donors (Lipinski definition) is 0. The maximum absolute atomic E-state index is 6.09. The molecule has 3 rings (SSSR count). The average molecular weight is 281 g/mol. The summed E-state index contributed by atoms with van der Waals surface area (Å²) >= 11 is 12.0. The van der Waals surface area contributed by atoms with Crippen molar-refractivity contribution < 1.29 is 4.42 Å². The van der Waals surface area contributed by atoms with Crippen LogP contribution in [-0.4, -0.2) is 20.2 Å². The minimum Gasteiger partial charge on any atom is -0.418 e. The van der Waals surface area contributed by atoms with Gasteiger partial charge in [0.15, 0.2) is 0 Å². The van der Waals surface area contributed by atoms with E-state index in [9.17, 15) is 0 Å². The molecule has 0 amide bonds. The van der Waals surface area contributed by atoms with Gasteiger partial charge in [0.1, 0.15) is 5.15 Å². The summed E-state index contributed by atoms with van der Waals surface area (Å²) < 4.78 is 5.27. The largest absolute Gasteiger partial charge is 0.418 e. The van der Waals surface area contributed by atoms with Crippen molar-refractivity contribution in [2.75, 3.05) is 0 Å². The molecule has 1 aromatic carbocycles. The lowest BCUT2D eigenvalue weighted by molar-refractivity contribution is 0.529. The second kappa shape index (κ2) is 4.19. The van der Waals surface area contributed by atoms with Crippen LogP contribution in [0.1, 0.15) is 5.89 Å². The molecule has 0 fully saturated rings. The Labute approximate surface area is 112 Å². The molecule has 7 heteroatoms. The Morgan fingerprint density at radius 2 is 1.94 bits per heavy atom. The fraction of sp³-hybridized carbons (Fsp3) is 0.0909. The Hall–Kier alpha value is -1.72. The van der Waals surface area contributed by atoms with Crippen molar-refractivity contribution in [1.82, 2.24) is 20.2 Å². The topological polar surface area (TPSA) is 64.7 Å². The zero-order chi connectivity index (χ0) is 12.7. The third-order valence-corrected chi connectivity index (χ3v) is 2.85. The van der Waals surface area contributed by atoms with E-state index in [1.807, 2.05) is 0 Å². The van der Waals surface area contributed by atoms with Crippen molar-refractivity contribution >= 4 is 34.1 Å². The van der Waals surface area contributed by atoms with Crippen LogP contribution in [0.2, 0.25) is 10.2 Å². The third kappa shape index (κ3) is 1.91. The minimum absolute atomic E-state index is 0.242. The van der Waals surface area contributed by atoms with Gasteiger partial charge in [-0.05, 0) is 18.2 Å². The van der Waals surface area contributed by atoms with Crippen molar-refractivity contribution in [2.24, 2.45) is 0 Å². The van der Waals surface area contributed by atoms with Crippen LogP contribution in [0.15, 0.2) is 22.6 Å². The molecule has 3 aromatic rings. The molecular formula is C11H6Cl2N4O. The molecule has 5 nitrogen and oxygen atoms in total. The zero-order valence-electron chi connectivity index (χ0n) is 9.19. The molecule has 0 aliphatic heterocycles. The normalized spacial score (nSPS) is 11.1. The van der Waals surface area contributed by atoms with E-state index in [1.54, 1.807) is 25.1 Å². The first-order valence-electron chi connectivity index (χ1n) is 5.07. The lowest BCUT2D eigenvalue weighted by Crippen LogP contribution is -1.92. The smallest absolute Gasteiger partial charge is 0.285 e. The van der Waals surface area contributed by atoms with E-state index < -0.39 is 0 Å². The van der Waals surface area contributed by atoms with E-state index in [4.69, 9.17) is 27.6 Å². The highest BCUT2D eigenvalue weighted by Gasteiger charge is 2.13. The second-order valence-electron chi connectivity index (χ2n) is 3.63. The molecule has 0 radical (unpaired) electrons. The number of rotatable bonds is 1. The quantitative estimate of drug-likeness (QED) is 0.640. The number of nitrogens with zero attached hydrogens (tertiary/aromatic N) is 4. The highest BCUT2D eigenvalue weighted by Crippen LogP contribution is 2.26. The molecule has 0 unspecified atom stereocenters. The van der Waals surface area contributed by atoms with E-state index in [0.717, 1.165) is 0 Å². The molecule has 18 heavy (non-hydrogen) atoms. The van der Waals surface area contributed by atoms with Crippen molar-refractivity contribution in [2.45, 2.75) is 6.92 Å². The number of fused-ring (bicyclic) bond motifs is 1. The molecule has 90 valence electrons. The predicted molar refractivity (Wildman–Crippen MR) is 67.6 cm³/mol. The summed E-state index contributed by atoms with van der Waals surface area (Å²) in [4.78, 5) is 8.44. The van der Waals surface area contributed by atoms with Crippen LogP contribution in [0, 0.1) is 6.92 Å². The third-order valence-electron chi connectivity index (χ3n) is 2.33. The van der Waals surface area contributed by atoms with E-state index in [0.29, 0.717) is 32.8 Å². The van der Waals surface area contributed by atoms with Gasteiger partial charge in [0.05, 0.1) is 5.52 Å². The summed E-state index contributed by atoms with van der Waals surface area (Å²) in [6, 6.07) is 5.20. The molecule has 0 N–H and O–H groups in total. The number of halogens is 2. The highest BCUT2D eigenvalue weighted by molar-refractivity contribution is 6.35. The standard InChI is InChI=1S/C11H6Cl2N4O/c1-5-16-17-11(18-5)10-14-8-3-2-6(12)4-7(8)9(13)15-10/h2-4H,1H3. The molecule has 0 spiro atoms. The van der Waals surface area contributed by atoms with Crippen LogP contribution in [0.25, 0.3) is 22.6 Å². The van der Waals surface area contributed by atoms with Crippen LogP contribution in [0.5, 0.6) is 0 Å². The van der Waals surface area contributed by atoms with Crippen LogP contribution in [0.3, 0.4) is 0 Å². The Balaban J connectivity index is 2.24. The SMILES string of the molecule is Cc1nnc(-c2nc(Cl)c3cc(Cl)ccc3n2)o1. The fourth-order valence-corrected chi connectivity index (χ4v) is 1.95. The Morgan fingerprint density at radius 1 is 1.11 bits per heavy atom. The van der Waals surface area contributed by atoms with E-state index in [1.165, 1.54) is 0 Å². The maximum atomic E-state index is 6.09. The van der Waals surface area contributed by atoms with Crippen LogP contribution < -0.4 is 0 Å². The van der Waals surface area contributed by atoms with Gasteiger partial charge in [-0.2, -0.15) is 0 Å². The molecule has 2 heterocycles. The van der Waals surface area contributed by atoms with Crippen LogP contribution in [-0.2, 0) is 0 Å². The van der Waals surface area contributed by atoms with Crippen molar-refractivity contribution in [3.63, 3.8) is 0 Å². The van der Waals surface area contributed by atoms with Gasteiger partial charge >= 0.3 is 0 Å². The number of hydrogen-bond acceptors (Lipinski definition) is 5. The summed E-state index contributed by atoms with van der Waals surface area (Å²) in [5.74, 6) is 0.989. The number of benzene rings is 1. The van der Waals surface area contributed by atoms with Gasteiger partial charge in [0.2, 0.25) is 11.7 Å². The Kier molecular flexibility index (Phi) is 2.65. The van der Waals surface area contributed by atoms with Gasteiger partial charge < -0.3 is 4.42 Å². The maximum Gasteiger partial charge on any atom is 0.285 e. The second-order valence-corrected chi connectivity index (χ2v) is 4.42. The molecule has 2 aromatic heterocycles. The van der Waals surface area contributed by atoms with Crippen molar-refractivity contribution in [1.29, 1.82) is 0 Å². The number of aromatic nitrogens is 4. The molecule has 0 atom stereocenters. The van der Waals surface area contributed by atoms with E-state index in [-0.39, 0.29) is 5.89 Å². The Bertz CT molecular complexity index is 741. The van der Waals surface area contributed by atoms with E-state index in [2.05, 4.69) is 20.2 Å². The number of aryl methyl sites for hydroxylation is 1. The van der Waals surface area contributed by atoms with Gasteiger partial charge in [-0.25, -0.2) is 9.97 Å². The van der Waals surface area contributed by atoms with Crippen LogP contribution >= 0.6 is 23.2 Å². The first-order valence-corrected chi connectivity index (χ1v) is 5.82. The minimum atomic E-state index is 0.242. The summed E-state index contributed by atoms with van der Waals surface area (Å²) in [7, 11) is 0. The highest BCUT2D eigenvalue weighted by atomic mass is 35.5. The average Bonchev–Trinajstić information content (AvgIpc) is 2.77. The molecule has 0 aliphatic rings. The predicted octanol–water partition coefficient (Wildman–Crippen LogP) is 3.30. The lowest BCUT2D eigenvalue weighted by Gasteiger charge is -2.01. The van der Waals surface area contributed by atoms with Crippen LogP contribution in [0.4, 0.5) is 0 Å². The van der Waals surface area contributed by atoms with E-state index >= 15 is 0 Å². The fourth-order valence-electron chi connectivity index (χ4n) is 1.55. The summed E-state index contributed by atoms with van der Waals surface area (Å²) in [6.07, 6.45) is 0. The Morgan fingerprint density at radius 3 is 2.67 bits per heavy atom. The van der Waals surface area contributed by atoms with Gasteiger partial charge in [-0.15, -0.1) is 10.2 Å². The molecule has 0 bridgehead atoms. The summed E-state index contributed by atoms with van der Waals surface area (Å²) in [6.45, 7) is 1.69. The molecule has 0 saturated carbocycles. The zero-order valence-corrected chi connectivity index (χ0v) is 10.7. The van der Waals surface area contributed by atoms with Gasteiger partial charge in [-0.1, -0.05) is 23.2 Å². The van der Waals surface area contributed by atoms with Gasteiger partial charge in [0, 0.05) is 17.3 Å². The van der Waals surface area contributed by atoms with Gasteiger partial charge in [-0.3, -0.25) is 0 Å². The first kappa shape index (κ1) is 11.4. The monoisotopic (exact) mass is 280 g/mol. The lowest BCUT2D eigenvalue weighted by atomic mass is 10.2. The molecule has 0 aliphatic carbocycles. The first-order chi connectivity index (χ1) is 8.63. The summed E-state index contributed by atoms with van der Waals surface area (Å²) in [5, 5.41) is 9.14. The van der Waals surface area contributed by atoms with Crippen molar-refractivity contribution in [3.8, 4) is 11.7 Å². The van der Waals surface area contributed by atoms with Gasteiger partial charge in [0.25, 0.3) is 5.89 Å².